The van der Waals surface area contributed by atoms with Gasteiger partial charge in [-0.15, -0.1) is 0 Å². The molecule has 2 heterocycles. The number of benzene rings is 1. The Morgan fingerprint density at radius 2 is 1.89 bits per heavy atom. The van der Waals surface area contributed by atoms with E-state index in [0.29, 0.717) is 23.8 Å². The molecule has 154 valence electrons. The van der Waals surface area contributed by atoms with Gasteiger partial charge in [-0.1, -0.05) is 0 Å². The summed E-state index contributed by atoms with van der Waals surface area (Å²) in [5.41, 5.74) is 0.810. The van der Waals surface area contributed by atoms with Crippen molar-refractivity contribution in [1.29, 1.82) is 0 Å². The molecule has 1 aromatic heterocycles. The zero-order valence-electron chi connectivity index (χ0n) is 16.4. The van der Waals surface area contributed by atoms with E-state index < -0.39 is 7.60 Å². The number of methoxy groups -OCH3 is 2. The predicted molar refractivity (Wildman–Crippen MR) is 108 cm³/mol. The topological polar surface area (TPSA) is 105 Å². The van der Waals surface area contributed by atoms with Crippen LogP contribution in [-0.2, 0) is 4.57 Å². The Labute approximate surface area is 165 Å². The maximum atomic E-state index is 11.1. The number of nitrogens with zero attached hydrogens (tertiary/aromatic N) is 3. The Kier molecular flexibility index (Phi) is 6.75. The lowest BCUT2D eigenvalue weighted by atomic mass is 9.96. The summed E-state index contributed by atoms with van der Waals surface area (Å²) >= 11 is 0. The van der Waals surface area contributed by atoms with Crippen molar-refractivity contribution in [3.8, 4) is 11.5 Å². The van der Waals surface area contributed by atoms with Gasteiger partial charge in [-0.05, 0) is 44.1 Å². The summed E-state index contributed by atoms with van der Waals surface area (Å²) in [5, 5.41) is 0.931. The normalized spacial score (nSPS) is 18.1. The number of aromatic nitrogens is 2. The molecule has 2 aromatic rings. The summed E-state index contributed by atoms with van der Waals surface area (Å²) in [6.07, 6.45) is 6.06. The predicted octanol–water partition coefficient (Wildman–Crippen LogP) is 3.21. The summed E-state index contributed by atoms with van der Waals surface area (Å²) in [7, 11) is -0.679. The van der Waals surface area contributed by atoms with E-state index in [1.807, 2.05) is 12.1 Å². The Bertz CT molecular complexity index is 857. The van der Waals surface area contributed by atoms with E-state index in [0.717, 1.165) is 55.5 Å². The third kappa shape index (κ3) is 5.13. The van der Waals surface area contributed by atoms with Gasteiger partial charge in [-0.3, -0.25) is 4.57 Å². The summed E-state index contributed by atoms with van der Waals surface area (Å²) in [5.74, 6) is 2.66. The molecule has 0 radical (unpaired) electrons. The molecule has 1 fully saturated rings. The molecular formula is C19H28N3O5P. The molecule has 1 saturated heterocycles. The molecule has 0 aliphatic carbocycles. The highest BCUT2D eigenvalue weighted by atomic mass is 31.2. The number of anilines is 1. The Balaban J connectivity index is 1.75. The number of ether oxygens (including phenoxy) is 2. The monoisotopic (exact) mass is 409 g/mol. The molecule has 2 N–H and O–H groups in total. The van der Waals surface area contributed by atoms with Gasteiger partial charge in [0.05, 0.1) is 19.7 Å². The standard InChI is InChI=1S/C19H28N3O5P/c1-26-17-11-15-16(12-18(17)27-2)20-13-21-19(15)22-8-3-5-14(7-9-22)6-4-10-28(23,24)25/h11-14H,3-10H2,1-2H3,(H2,23,24,25). The van der Waals surface area contributed by atoms with Crippen LogP contribution in [-0.4, -0.2) is 53.2 Å². The van der Waals surface area contributed by atoms with E-state index in [1.165, 1.54) is 0 Å². The third-order valence-corrected chi connectivity index (χ3v) is 6.23. The molecule has 1 aliphatic rings. The third-order valence-electron chi connectivity index (χ3n) is 5.33. The maximum absolute atomic E-state index is 11.1. The van der Waals surface area contributed by atoms with Gasteiger partial charge in [-0.25, -0.2) is 9.97 Å². The number of hydrogen-bond acceptors (Lipinski definition) is 6. The van der Waals surface area contributed by atoms with E-state index >= 15 is 0 Å². The average molecular weight is 409 g/mol. The second-order valence-corrected chi connectivity index (χ2v) is 9.01. The highest BCUT2D eigenvalue weighted by molar-refractivity contribution is 7.51. The van der Waals surface area contributed by atoms with Crippen LogP contribution in [0.25, 0.3) is 10.9 Å². The first kappa shape index (κ1) is 20.8. The summed E-state index contributed by atoms with van der Waals surface area (Å²) in [6, 6.07) is 3.79. The molecule has 3 rings (SSSR count). The minimum absolute atomic E-state index is 0.0224. The van der Waals surface area contributed by atoms with Gasteiger partial charge in [0.25, 0.3) is 0 Å². The number of rotatable bonds is 7. The van der Waals surface area contributed by atoms with E-state index in [1.54, 1.807) is 20.5 Å². The van der Waals surface area contributed by atoms with Gasteiger partial charge in [0.1, 0.15) is 12.1 Å². The highest BCUT2D eigenvalue weighted by Crippen LogP contribution is 2.38. The first-order valence-corrected chi connectivity index (χ1v) is 11.4. The number of hydrogen-bond donors (Lipinski definition) is 2. The van der Waals surface area contributed by atoms with E-state index in [4.69, 9.17) is 19.3 Å². The molecule has 1 aromatic carbocycles. The Morgan fingerprint density at radius 3 is 2.61 bits per heavy atom. The quantitative estimate of drug-likeness (QED) is 0.672. The van der Waals surface area contributed by atoms with Crippen molar-refractivity contribution >= 4 is 24.3 Å². The lowest BCUT2D eigenvalue weighted by Gasteiger charge is -2.23. The fraction of sp³-hybridized carbons (Fsp3) is 0.579. The minimum atomic E-state index is -3.90. The molecule has 0 saturated carbocycles. The van der Waals surface area contributed by atoms with Gasteiger partial charge in [0.15, 0.2) is 11.5 Å². The Morgan fingerprint density at radius 1 is 1.14 bits per heavy atom. The van der Waals surface area contributed by atoms with Crippen LogP contribution in [0, 0.1) is 5.92 Å². The molecule has 1 unspecified atom stereocenters. The number of fused-ring (bicyclic) bond motifs is 1. The largest absolute Gasteiger partial charge is 0.493 e. The van der Waals surface area contributed by atoms with Crippen molar-refractivity contribution in [3.63, 3.8) is 0 Å². The van der Waals surface area contributed by atoms with Gasteiger partial charge in [-0.2, -0.15) is 0 Å². The molecule has 0 amide bonds. The first-order chi connectivity index (χ1) is 13.4. The molecule has 28 heavy (non-hydrogen) atoms. The van der Waals surface area contributed by atoms with Crippen molar-refractivity contribution in [3.05, 3.63) is 18.5 Å². The van der Waals surface area contributed by atoms with Crippen molar-refractivity contribution in [1.82, 2.24) is 9.97 Å². The van der Waals surface area contributed by atoms with Crippen LogP contribution in [0.2, 0.25) is 0 Å². The lowest BCUT2D eigenvalue weighted by Crippen LogP contribution is -2.25. The fourth-order valence-corrected chi connectivity index (χ4v) is 4.47. The fourth-order valence-electron chi connectivity index (χ4n) is 3.87. The zero-order valence-corrected chi connectivity index (χ0v) is 17.3. The Hall–Kier alpha value is -1.89. The summed E-state index contributed by atoms with van der Waals surface area (Å²) in [6.45, 7) is 1.76. The molecule has 1 aliphatic heterocycles. The molecule has 9 heteroatoms. The first-order valence-electron chi connectivity index (χ1n) is 9.57. The molecule has 0 bridgehead atoms. The maximum Gasteiger partial charge on any atom is 0.325 e. The van der Waals surface area contributed by atoms with Crippen LogP contribution < -0.4 is 14.4 Å². The minimum Gasteiger partial charge on any atom is -0.493 e. The van der Waals surface area contributed by atoms with Crippen LogP contribution in [0.4, 0.5) is 5.82 Å². The zero-order chi connectivity index (χ0) is 20.1. The van der Waals surface area contributed by atoms with Crippen molar-refractivity contribution < 1.29 is 23.8 Å². The van der Waals surface area contributed by atoms with Crippen LogP contribution in [0.15, 0.2) is 18.5 Å². The summed E-state index contributed by atoms with van der Waals surface area (Å²) < 4.78 is 21.9. The van der Waals surface area contributed by atoms with Crippen molar-refractivity contribution in [2.45, 2.75) is 32.1 Å². The van der Waals surface area contributed by atoms with E-state index in [-0.39, 0.29) is 6.16 Å². The van der Waals surface area contributed by atoms with Crippen LogP contribution in [0.5, 0.6) is 11.5 Å². The highest BCUT2D eigenvalue weighted by Gasteiger charge is 2.22. The van der Waals surface area contributed by atoms with Gasteiger partial charge < -0.3 is 24.2 Å². The van der Waals surface area contributed by atoms with Gasteiger partial charge in [0.2, 0.25) is 0 Å². The SMILES string of the molecule is COc1cc2ncnc(N3CCCC(CCCP(=O)(O)O)CC3)c2cc1OC. The molecule has 1 atom stereocenters. The van der Waals surface area contributed by atoms with E-state index in [2.05, 4.69) is 14.9 Å². The lowest BCUT2D eigenvalue weighted by molar-refractivity contribution is 0.356. The molecular weight excluding hydrogens is 381 g/mol. The van der Waals surface area contributed by atoms with Crippen molar-refractivity contribution in [2.75, 3.05) is 38.4 Å². The van der Waals surface area contributed by atoms with Crippen LogP contribution in [0.1, 0.15) is 32.1 Å². The van der Waals surface area contributed by atoms with Crippen molar-refractivity contribution in [2.24, 2.45) is 5.92 Å². The van der Waals surface area contributed by atoms with Gasteiger partial charge in [0, 0.05) is 30.7 Å². The average Bonchev–Trinajstić information content (AvgIpc) is 2.91. The van der Waals surface area contributed by atoms with Crippen LogP contribution in [0.3, 0.4) is 0 Å². The molecule has 8 nitrogen and oxygen atoms in total. The second kappa shape index (κ2) is 9.07. The smallest absolute Gasteiger partial charge is 0.325 e. The molecule has 0 spiro atoms. The van der Waals surface area contributed by atoms with Crippen LogP contribution >= 0.6 is 7.60 Å². The second-order valence-electron chi connectivity index (χ2n) is 7.24. The van der Waals surface area contributed by atoms with E-state index in [9.17, 15) is 4.57 Å². The summed E-state index contributed by atoms with van der Waals surface area (Å²) in [4.78, 5) is 29.3. The van der Waals surface area contributed by atoms with Gasteiger partial charge >= 0.3 is 7.60 Å².